The Morgan fingerprint density at radius 3 is 2.64 bits per heavy atom. The molecule has 0 bridgehead atoms. The molecule has 0 aliphatic carbocycles. The molecule has 1 rings (SSSR count). The van der Waals surface area contributed by atoms with Crippen molar-refractivity contribution in [1.29, 1.82) is 0 Å². The Kier molecular flexibility index (Phi) is 4.50. The van der Waals surface area contributed by atoms with Gasteiger partial charge >= 0.3 is 0 Å². The number of methoxy groups -OCH3 is 1. The van der Waals surface area contributed by atoms with Crippen LogP contribution in [0.3, 0.4) is 0 Å². The highest BCUT2D eigenvalue weighted by Gasteiger charge is 1.93. The van der Waals surface area contributed by atoms with Gasteiger partial charge in [0.2, 0.25) is 0 Å². The second-order valence-corrected chi connectivity index (χ2v) is 2.65. The second kappa shape index (κ2) is 5.99. The average Bonchev–Trinajstić information content (AvgIpc) is 2.25. The maximum atomic E-state index is 5.20. The lowest BCUT2D eigenvalue weighted by Gasteiger charge is -2.01. The van der Waals surface area contributed by atoms with E-state index in [1.165, 1.54) is 6.21 Å². The summed E-state index contributed by atoms with van der Waals surface area (Å²) < 4.78 is 5.03. The molecule has 0 atom stereocenters. The van der Waals surface area contributed by atoms with Crippen LogP contribution in [-0.4, -0.2) is 19.9 Å². The van der Waals surface area contributed by atoms with Gasteiger partial charge in [0.15, 0.2) is 0 Å². The summed E-state index contributed by atoms with van der Waals surface area (Å²) in [7, 11) is 1.64. The lowest BCUT2D eigenvalue weighted by Crippen LogP contribution is -1.99. The largest absolute Gasteiger partial charge is 0.497 e. The molecule has 0 aliphatic heterocycles. The Balaban J connectivity index is 2.40. The number of hydrogen-bond donors (Lipinski definition) is 1. The van der Waals surface area contributed by atoms with Gasteiger partial charge < -0.3 is 15.3 Å². The van der Waals surface area contributed by atoms with E-state index in [1.54, 1.807) is 7.11 Å². The van der Waals surface area contributed by atoms with Crippen LogP contribution in [0.2, 0.25) is 0 Å². The standard InChI is InChI=1S/C10H14N2O2/c1-13-10-4-2-9(3-5-10)8-14-12-7-6-11/h2-5,7H,6,8,11H2,1H3/b12-7+. The van der Waals surface area contributed by atoms with Gasteiger partial charge in [-0.05, 0) is 17.7 Å². The zero-order valence-electron chi connectivity index (χ0n) is 8.14. The smallest absolute Gasteiger partial charge is 0.142 e. The third-order valence-corrected chi connectivity index (χ3v) is 1.64. The highest BCUT2D eigenvalue weighted by molar-refractivity contribution is 5.58. The van der Waals surface area contributed by atoms with Crippen LogP contribution in [0.15, 0.2) is 29.4 Å². The van der Waals surface area contributed by atoms with Gasteiger partial charge in [0, 0.05) is 6.54 Å². The molecule has 0 unspecified atom stereocenters. The highest BCUT2D eigenvalue weighted by Crippen LogP contribution is 2.11. The number of nitrogens with zero attached hydrogens (tertiary/aromatic N) is 1. The maximum absolute atomic E-state index is 5.20. The Morgan fingerprint density at radius 1 is 1.36 bits per heavy atom. The number of hydrogen-bond acceptors (Lipinski definition) is 4. The first-order chi connectivity index (χ1) is 6.86. The Labute approximate surface area is 83.3 Å². The lowest BCUT2D eigenvalue weighted by molar-refractivity contribution is 0.131. The van der Waals surface area contributed by atoms with Crippen LogP contribution in [-0.2, 0) is 11.4 Å². The number of benzene rings is 1. The first-order valence-corrected chi connectivity index (χ1v) is 4.33. The minimum atomic E-state index is 0.391. The van der Waals surface area contributed by atoms with E-state index in [0.717, 1.165) is 11.3 Å². The van der Waals surface area contributed by atoms with E-state index in [-0.39, 0.29) is 0 Å². The van der Waals surface area contributed by atoms with Gasteiger partial charge in [-0.15, -0.1) is 0 Å². The second-order valence-electron chi connectivity index (χ2n) is 2.65. The van der Waals surface area contributed by atoms with E-state index in [9.17, 15) is 0 Å². The summed E-state index contributed by atoms with van der Waals surface area (Å²) in [5.41, 5.74) is 6.24. The van der Waals surface area contributed by atoms with Crippen LogP contribution in [0.5, 0.6) is 5.75 Å². The Hall–Kier alpha value is -1.55. The molecule has 0 spiro atoms. The first kappa shape index (κ1) is 10.5. The minimum absolute atomic E-state index is 0.391. The maximum Gasteiger partial charge on any atom is 0.142 e. The predicted molar refractivity (Wildman–Crippen MR) is 55.3 cm³/mol. The molecule has 0 heterocycles. The number of rotatable bonds is 5. The number of ether oxygens (including phenoxy) is 1. The fourth-order valence-electron chi connectivity index (χ4n) is 0.929. The van der Waals surface area contributed by atoms with Crippen LogP contribution < -0.4 is 10.5 Å². The van der Waals surface area contributed by atoms with Gasteiger partial charge in [0.05, 0.1) is 13.3 Å². The third kappa shape index (κ3) is 3.45. The first-order valence-electron chi connectivity index (χ1n) is 4.33. The van der Waals surface area contributed by atoms with E-state index >= 15 is 0 Å². The van der Waals surface area contributed by atoms with Gasteiger partial charge in [-0.2, -0.15) is 0 Å². The van der Waals surface area contributed by atoms with Crippen LogP contribution in [0.4, 0.5) is 0 Å². The molecular weight excluding hydrogens is 180 g/mol. The molecule has 0 radical (unpaired) electrons. The normalized spacial score (nSPS) is 10.4. The van der Waals surface area contributed by atoms with Crippen molar-refractivity contribution in [2.24, 2.45) is 10.9 Å². The lowest BCUT2D eigenvalue weighted by atomic mass is 10.2. The van der Waals surface area contributed by atoms with E-state index in [4.69, 9.17) is 15.3 Å². The zero-order chi connectivity index (χ0) is 10.2. The van der Waals surface area contributed by atoms with E-state index in [2.05, 4.69) is 5.16 Å². The van der Waals surface area contributed by atoms with Crippen molar-refractivity contribution >= 4 is 6.21 Å². The molecule has 0 amide bonds. The van der Waals surface area contributed by atoms with E-state index in [0.29, 0.717) is 13.2 Å². The van der Waals surface area contributed by atoms with Crippen molar-refractivity contribution in [2.45, 2.75) is 6.61 Å². The Morgan fingerprint density at radius 2 is 2.07 bits per heavy atom. The van der Waals surface area contributed by atoms with Crippen molar-refractivity contribution in [2.75, 3.05) is 13.7 Å². The van der Waals surface area contributed by atoms with Gasteiger partial charge in [0.1, 0.15) is 12.4 Å². The van der Waals surface area contributed by atoms with Crippen LogP contribution in [0.25, 0.3) is 0 Å². The SMILES string of the molecule is COc1ccc(CO/N=C/CN)cc1. The predicted octanol–water partition coefficient (Wildman–Crippen LogP) is 1.16. The van der Waals surface area contributed by atoms with Crippen LogP contribution in [0, 0.1) is 0 Å². The van der Waals surface area contributed by atoms with Crippen LogP contribution >= 0.6 is 0 Å². The summed E-state index contributed by atoms with van der Waals surface area (Å²) in [4.78, 5) is 4.98. The molecule has 14 heavy (non-hydrogen) atoms. The summed E-state index contributed by atoms with van der Waals surface area (Å²) >= 11 is 0. The fraction of sp³-hybridized carbons (Fsp3) is 0.300. The monoisotopic (exact) mass is 194 g/mol. The van der Waals surface area contributed by atoms with Crippen molar-refractivity contribution in [3.05, 3.63) is 29.8 Å². The van der Waals surface area contributed by atoms with Crippen molar-refractivity contribution < 1.29 is 9.57 Å². The molecule has 4 heteroatoms. The molecule has 2 N–H and O–H groups in total. The molecule has 1 aromatic rings. The number of nitrogens with two attached hydrogens (primary N) is 1. The summed E-state index contributed by atoms with van der Waals surface area (Å²) in [6.07, 6.45) is 1.52. The van der Waals surface area contributed by atoms with Crippen molar-refractivity contribution in [3.63, 3.8) is 0 Å². The molecule has 0 aromatic heterocycles. The summed E-state index contributed by atoms with van der Waals surface area (Å²) in [6.45, 7) is 0.836. The topological polar surface area (TPSA) is 56.8 Å². The van der Waals surface area contributed by atoms with Crippen LogP contribution in [0.1, 0.15) is 5.56 Å². The quantitative estimate of drug-likeness (QED) is 0.565. The molecule has 1 aromatic carbocycles. The molecule has 0 aliphatic rings. The third-order valence-electron chi connectivity index (χ3n) is 1.64. The molecule has 76 valence electrons. The molecule has 0 saturated carbocycles. The van der Waals surface area contributed by atoms with Crippen molar-refractivity contribution in [3.8, 4) is 5.75 Å². The summed E-state index contributed by atoms with van der Waals surface area (Å²) in [5.74, 6) is 0.833. The molecular formula is C10H14N2O2. The van der Waals surface area contributed by atoms with Crippen molar-refractivity contribution in [1.82, 2.24) is 0 Å². The summed E-state index contributed by atoms with van der Waals surface area (Å²) in [6, 6.07) is 7.62. The average molecular weight is 194 g/mol. The molecule has 0 fully saturated rings. The van der Waals surface area contributed by atoms with E-state index < -0.39 is 0 Å². The van der Waals surface area contributed by atoms with E-state index in [1.807, 2.05) is 24.3 Å². The van der Waals surface area contributed by atoms with Gasteiger partial charge in [-0.3, -0.25) is 0 Å². The minimum Gasteiger partial charge on any atom is -0.497 e. The molecule has 4 nitrogen and oxygen atoms in total. The zero-order valence-corrected chi connectivity index (χ0v) is 8.14. The fourth-order valence-corrected chi connectivity index (χ4v) is 0.929. The Bertz CT molecular complexity index is 283. The summed E-state index contributed by atoms with van der Waals surface area (Å²) in [5, 5.41) is 3.65. The van der Waals surface area contributed by atoms with Gasteiger partial charge in [0.25, 0.3) is 0 Å². The highest BCUT2D eigenvalue weighted by atomic mass is 16.6. The van der Waals surface area contributed by atoms with Gasteiger partial charge in [-0.1, -0.05) is 17.3 Å². The molecule has 0 saturated heterocycles. The number of oxime groups is 1. The van der Waals surface area contributed by atoms with Gasteiger partial charge in [-0.25, -0.2) is 0 Å².